The van der Waals surface area contributed by atoms with Gasteiger partial charge in [0.15, 0.2) is 0 Å². The second kappa shape index (κ2) is 6.97. The van der Waals surface area contributed by atoms with E-state index < -0.39 is 6.04 Å². The van der Waals surface area contributed by atoms with Crippen LogP contribution in [0.25, 0.3) is 0 Å². The van der Waals surface area contributed by atoms with Gasteiger partial charge in [-0.15, -0.1) is 0 Å². The SMILES string of the molecule is CCN(C(=O)c1ncncc1Cl)[C@@H]1CCN(c2ccccc2)C1=O. The van der Waals surface area contributed by atoms with Crippen LogP contribution in [0.5, 0.6) is 0 Å². The smallest absolute Gasteiger partial charge is 0.274 e. The summed E-state index contributed by atoms with van der Waals surface area (Å²) in [6.45, 7) is 2.82. The summed E-state index contributed by atoms with van der Waals surface area (Å²) in [7, 11) is 0. The molecule has 1 aromatic carbocycles. The number of rotatable bonds is 4. The number of halogens is 1. The molecule has 0 aliphatic carbocycles. The zero-order chi connectivity index (χ0) is 17.1. The first-order chi connectivity index (χ1) is 11.6. The summed E-state index contributed by atoms with van der Waals surface area (Å²) in [5.41, 5.74) is 0.966. The van der Waals surface area contributed by atoms with Crippen LogP contribution < -0.4 is 4.90 Å². The van der Waals surface area contributed by atoms with Gasteiger partial charge in [-0.05, 0) is 25.5 Å². The predicted octanol–water partition coefficient (Wildman–Crippen LogP) is 2.40. The summed E-state index contributed by atoms with van der Waals surface area (Å²) in [5.74, 6) is -0.431. The van der Waals surface area contributed by atoms with E-state index in [9.17, 15) is 9.59 Å². The Kier molecular flexibility index (Phi) is 4.76. The second-order valence-corrected chi connectivity index (χ2v) is 5.85. The third-order valence-corrected chi connectivity index (χ3v) is 4.37. The molecule has 1 saturated heterocycles. The monoisotopic (exact) mass is 344 g/mol. The molecule has 2 amide bonds. The van der Waals surface area contributed by atoms with Gasteiger partial charge in [0, 0.05) is 25.0 Å². The Hall–Kier alpha value is -2.47. The van der Waals surface area contributed by atoms with E-state index in [4.69, 9.17) is 11.6 Å². The van der Waals surface area contributed by atoms with Gasteiger partial charge in [0.05, 0.1) is 5.02 Å². The lowest BCUT2D eigenvalue weighted by Crippen LogP contribution is -2.45. The van der Waals surface area contributed by atoms with Crippen LogP contribution in [0, 0.1) is 0 Å². The average molecular weight is 345 g/mol. The third kappa shape index (κ3) is 2.97. The topological polar surface area (TPSA) is 66.4 Å². The Morgan fingerprint density at radius 2 is 2.12 bits per heavy atom. The van der Waals surface area contributed by atoms with Gasteiger partial charge in [-0.3, -0.25) is 9.59 Å². The molecule has 0 radical (unpaired) electrons. The van der Waals surface area contributed by atoms with Gasteiger partial charge in [0.25, 0.3) is 5.91 Å². The standard InChI is InChI=1S/C17H17ClN4O2/c1-2-21(17(24)15-13(18)10-19-11-20-15)14-8-9-22(16(14)23)12-6-4-3-5-7-12/h3-7,10-11,14H,2,8-9H2,1H3/t14-/m1/s1. The summed E-state index contributed by atoms with van der Waals surface area (Å²) >= 11 is 6.02. The van der Waals surface area contributed by atoms with Gasteiger partial charge in [-0.2, -0.15) is 0 Å². The van der Waals surface area contributed by atoms with E-state index in [1.807, 2.05) is 37.3 Å². The molecule has 24 heavy (non-hydrogen) atoms. The molecule has 1 aliphatic heterocycles. The van der Waals surface area contributed by atoms with Crippen molar-refractivity contribution in [3.05, 3.63) is 53.6 Å². The van der Waals surface area contributed by atoms with Gasteiger partial charge in [-0.1, -0.05) is 29.8 Å². The van der Waals surface area contributed by atoms with Gasteiger partial charge < -0.3 is 9.80 Å². The molecule has 0 bridgehead atoms. The molecule has 1 aromatic heterocycles. The molecular formula is C17H17ClN4O2. The third-order valence-electron chi connectivity index (χ3n) is 4.09. The number of carbonyl (C=O) groups excluding carboxylic acids is 2. The first kappa shape index (κ1) is 16.4. The summed E-state index contributed by atoms with van der Waals surface area (Å²) < 4.78 is 0. The first-order valence-electron chi connectivity index (χ1n) is 7.76. The van der Waals surface area contributed by atoms with E-state index in [-0.39, 0.29) is 22.5 Å². The normalized spacial score (nSPS) is 17.2. The quantitative estimate of drug-likeness (QED) is 0.854. The van der Waals surface area contributed by atoms with Gasteiger partial charge >= 0.3 is 0 Å². The molecular weight excluding hydrogens is 328 g/mol. The fourth-order valence-electron chi connectivity index (χ4n) is 2.93. The Morgan fingerprint density at radius 1 is 1.38 bits per heavy atom. The van der Waals surface area contributed by atoms with Crippen LogP contribution in [0.1, 0.15) is 23.8 Å². The average Bonchev–Trinajstić information content (AvgIpc) is 2.98. The molecule has 6 nitrogen and oxygen atoms in total. The summed E-state index contributed by atoms with van der Waals surface area (Å²) in [6.07, 6.45) is 3.23. The highest BCUT2D eigenvalue weighted by Gasteiger charge is 2.39. The number of benzene rings is 1. The van der Waals surface area contributed by atoms with E-state index in [0.29, 0.717) is 19.5 Å². The molecule has 0 saturated carbocycles. The molecule has 1 atom stereocenters. The fourth-order valence-corrected chi connectivity index (χ4v) is 3.12. The van der Waals surface area contributed by atoms with E-state index in [2.05, 4.69) is 9.97 Å². The van der Waals surface area contributed by atoms with Crippen LogP contribution in [0.4, 0.5) is 5.69 Å². The van der Waals surface area contributed by atoms with Crippen molar-refractivity contribution in [2.45, 2.75) is 19.4 Å². The number of likely N-dealkylation sites (N-methyl/N-ethyl adjacent to an activating group) is 1. The fraction of sp³-hybridized carbons (Fsp3) is 0.294. The number of nitrogens with zero attached hydrogens (tertiary/aromatic N) is 4. The van der Waals surface area contributed by atoms with Crippen molar-refractivity contribution in [3.8, 4) is 0 Å². The Morgan fingerprint density at radius 3 is 2.79 bits per heavy atom. The number of hydrogen-bond acceptors (Lipinski definition) is 4. The lowest BCUT2D eigenvalue weighted by atomic mass is 10.2. The minimum absolute atomic E-state index is 0.0819. The summed E-state index contributed by atoms with van der Waals surface area (Å²) in [4.78, 5) is 36.5. The minimum Gasteiger partial charge on any atom is -0.325 e. The van der Waals surface area contributed by atoms with Gasteiger partial charge in [0.1, 0.15) is 18.1 Å². The van der Waals surface area contributed by atoms with E-state index in [0.717, 1.165) is 5.69 Å². The van der Waals surface area contributed by atoms with Crippen LogP contribution >= 0.6 is 11.6 Å². The van der Waals surface area contributed by atoms with E-state index in [1.165, 1.54) is 17.4 Å². The Balaban J connectivity index is 1.83. The highest BCUT2D eigenvalue weighted by Crippen LogP contribution is 2.25. The molecule has 1 aliphatic rings. The number of aromatic nitrogens is 2. The Labute approximate surface area is 145 Å². The van der Waals surface area contributed by atoms with E-state index >= 15 is 0 Å². The molecule has 124 valence electrons. The molecule has 3 rings (SSSR count). The first-order valence-corrected chi connectivity index (χ1v) is 8.14. The molecule has 0 spiro atoms. The largest absolute Gasteiger partial charge is 0.325 e. The zero-order valence-electron chi connectivity index (χ0n) is 13.2. The van der Waals surface area contributed by atoms with Crippen molar-refractivity contribution in [2.24, 2.45) is 0 Å². The number of anilines is 1. The Bertz CT molecular complexity index is 753. The number of amides is 2. The molecule has 0 unspecified atom stereocenters. The molecule has 0 N–H and O–H groups in total. The number of hydrogen-bond donors (Lipinski definition) is 0. The van der Waals surface area contributed by atoms with Crippen molar-refractivity contribution < 1.29 is 9.59 Å². The van der Waals surface area contributed by atoms with Crippen molar-refractivity contribution in [2.75, 3.05) is 18.0 Å². The molecule has 2 heterocycles. The maximum absolute atomic E-state index is 12.8. The molecule has 7 heteroatoms. The maximum atomic E-state index is 12.8. The maximum Gasteiger partial charge on any atom is 0.274 e. The lowest BCUT2D eigenvalue weighted by Gasteiger charge is -2.26. The van der Waals surface area contributed by atoms with Crippen molar-refractivity contribution in [1.82, 2.24) is 14.9 Å². The summed E-state index contributed by atoms with van der Waals surface area (Å²) in [5, 5.41) is 0.186. The van der Waals surface area contributed by atoms with Gasteiger partial charge in [0.2, 0.25) is 5.91 Å². The minimum atomic E-state index is -0.506. The zero-order valence-corrected chi connectivity index (χ0v) is 14.0. The highest BCUT2D eigenvalue weighted by atomic mass is 35.5. The predicted molar refractivity (Wildman–Crippen MR) is 91.0 cm³/mol. The van der Waals surface area contributed by atoms with Crippen LogP contribution in [-0.2, 0) is 4.79 Å². The molecule has 1 fully saturated rings. The molecule has 2 aromatic rings. The van der Waals surface area contributed by atoms with Crippen LogP contribution in [0.3, 0.4) is 0 Å². The number of carbonyl (C=O) groups is 2. The van der Waals surface area contributed by atoms with E-state index in [1.54, 1.807) is 4.90 Å². The second-order valence-electron chi connectivity index (χ2n) is 5.44. The van der Waals surface area contributed by atoms with Crippen molar-refractivity contribution in [3.63, 3.8) is 0 Å². The van der Waals surface area contributed by atoms with Gasteiger partial charge in [-0.25, -0.2) is 9.97 Å². The lowest BCUT2D eigenvalue weighted by molar-refractivity contribution is -0.120. The van der Waals surface area contributed by atoms with Crippen molar-refractivity contribution in [1.29, 1.82) is 0 Å². The van der Waals surface area contributed by atoms with Crippen LogP contribution in [0.2, 0.25) is 5.02 Å². The van der Waals surface area contributed by atoms with Crippen LogP contribution in [-0.4, -0.2) is 45.8 Å². The number of para-hydroxylation sites is 1. The van der Waals surface area contributed by atoms with Crippen LogP contribution in [0.15, 0.2) is 42.9 Å². The highest BCUT2D eigenvalue weighted by molar-refractivity contribution is 6.33. The summed E-state index contributed by atoms with van der Waals surface area (Å²) in [6, 6.07) is 8.95. The van der Waals surface area contributed by atoms with Crippen molar-refractivity contribution >= 4 is 29.1 Å².